The Morgan fingerprint density at radius 2 is 1.62 bits per heavy atom. The zero-order valence-corrected chi connectivity index (χ0v) is 22.5. The number of benzene rings is 3. The monoisotopic (exact) mass is 533 g/mol. The predicted octanol–water partition coefficient (Wildman–Crippen LogP) is 5.64. The van der Waals surface area contributed by atoms with Crippen LogP contribution in [-0.4, -0.2) is 31.0 Å². The van der Waals surface area contributed by atoms with E-state index in [2.05, 4.69) is 23.9 Å². The van der Waals surface area contributed by atoms with Crippen molar-refractivity contribution in [2.75, 3.05) is 6.61 Å². The fourth-order valence-corrected chi connectivity index (χ4v) is 5.13. The highest BCUT2D eigenvalue weighted by molar-refractivity contribution is 7.15. The second kappa shape index (κ2) is 10.7. The Morgan fingerprint density at radius 1 is 0.897 bits per heavy atom. The molecule has 3 aromatic heterocycles. The molecule has 0 aliphatic heterocycles. The Labute approximate surface area is 229 Å². The molecule has 0 aliphatic carbocycles. The third-order valence-corrected chi connectivity index (χ3v) is 7.31. The summed E-state index contributed by atoms with van der Waals surface area (Å²) in [5.41, 5.74) is 4.15. The molecule has 6 rings (SSSR count). The highest BCUT2D eigenvalue weighted by atomic mass is 32.1. The van der Waals surface area contributed by atoms with Crippen LogP contribution in [0.15, 0.2) is 95.9 Å². The molecule has 0 unspecified atom stereocenters. The fourth-order valence-electron chi connectivity index (χ4n) is 4.24. The molecule has 0 atom stereocenters. The summed E-state index contributed by atoms with van der Waals surface area (Å²) in [6.45, 7) is 5.06. The second-order valence-corrected chi connectivity index (χ2v) is 10.7. The van der Waals surface area contributed by atoms with E-state index < -0.39 is 0 Å². The number of aromatic nitrogens is 5. The molecule has 194 valence electrons. The van der Waals surface area contributed by atoms with Crippen molar-refractivity contribution in [3.8, 4) is 34.1 Å². The highest BCUT2D eigenvalue weighted by Crippen LogP contribution is 2.27. The molecule has 8 heteroatoms. The number of ether oxygens (including phenoxy) is 1. The first-order valence-electron chi connectivity index (χ1n) is 12.9. The van der Waals surface area contributed by atoms with E-state index in [1.165, 1.54) is 15.9 Å². The Morgan fingerprint density at radius 3 is 2.31 bits per heavy atom. The molecule has 39 heavy (non-hydrogen) atoms. The molecule has 0 amide bonds. The van der Waals surface area contributed by atoms with E-state index in [0.29, 0.717) is 27.8 Å². The third kappa shape index (κ3) is 5.24. The Hall–Kier alpha value is -4.56. The summed E-state index contributed by atoms with van der Waals surface area (Å²) in [6.07, 6.45) is 4.83. The van der Waals surface area contributed by atoms with Gasteiger partial charge in [0.15, 0.2) is 5.82 Å². The van der Waals surface area contributed by atoms with E-state index in [0.717, 1.165) is 40.2 Å². The number of thiazole rings is 1. The lowest BCUT2D eigenvalue weighted by Crippen LogP contribution is -2.23. The quantitative estimate of drug-likeness (QED) is 0.253. The Balaban J connectivity index is 1.39. The SMILES string of the molecule is CC(C)CCOc1ccc(-c2nn(-c3ccccc3)cc2C=c2sc3nc(-c4ccccc4)nn3c2=O)cc1. The Bertz CT molecular complexity index is 1820. The average molecular weight is 534 g/mol. The van der Waals surface area contributed by atoms with Gasteiger partial charge < -0.3 is 4.74 Å². The minimum atomic E-state index is -0.197. The number of nitrogens with zero attached hydrogens (tertiary/aromatic N) is 5. The fraction of sp³-hybridized carbons (Fsp3) is 0.161. The first-order valence-corrected chi connectivity index (χ1v) is 13.7. The minimum absolute atomic E-state index is 0.197. The molecular weight excluding hydrogens is 506 g/mol. The molecule has 3 heterocycles. The summed E-state index contributed by atoms with van der Waals surface area (Å²) in [5, 5.41) is 9.37. The molecule has 0 saturated heterocycles. The molecule has 0 N–H and O–H groups in total. The Kier molecular flexibility index (Phi) is 6.77. The maximum Gasteiger partial charge on any atom is 0.291 e. The number of rotatable bonds is 8. The van der Waals surface area contributed by atoms with Crippen LogP contribution in [0.1, 0.15) is 25.8 Å². The summed E-state index contributed by atoms with van der Waals surface area (Å²) >= 11 is 1.32. The maximum absolute atomic E-state index is 13.3. The van der Waals surface area contributed by atoms with Crippen LogP contribution in [0.2, 0.25) is 0 Å². The summed E-state index contributed by atoms with van der Waals surface area (Å²) in [5.74, 6) is 1.96. The third-order valence-electron chi connectivity index (χ3n) is 6.36. The average Bonchev–Trinajstić information content (AvgIpc) is 3.65. The van der Waals surface area contributed by atoms with Crippen LogP contribution >= 0.6 is 11.3 Å². The number of para-hydroxylation sites is 1. The number of hydrogen-bond donors (Lipinski definition) is 0. The molecular formula is C31H27N5O2S. The first kappa shape index (κ1) is 24.8. The van der Waals surface area contributed by atoms with E-state index in [-0.39, 0.29) is 5.56 Å². The second-order valence-electron chi connectivity index (χ2n) is 9.68. The first-order chi connectivity index (χ1) is 19.0. The van der Waals surface area contributed by atoms with Gasteiger partial charge in [-0.2, -0.15) is 14.6 Å². The van der Waals surface area contributed by atoms with Crippen molar-refractivity contribution in [1.29, 1.82) is 0 Å². The molecule has 0 radical (unpaired) electrons. The van der Waals surface area contributed by atoms with Gasteiger partial charge in [-0.1, -0.05) is 73.7 Å². The van der Waals surface area contributed by atoms with Crippen molar-refractivity contribution in [2.24, 2.45) is 5.92 Å². The summed E-state index contributed by atoms with van der Waals surface area (Å²) in [4.78, 5) is 18.5. The van der Waals surface area contributed by atoms with E-state index in [4.69, 9.17) is 9.84 Å². The van der Waals surface area contributed by atoms with Crippen molar-refractivity contribution in [3.05, 3.63) is 112 Å². The van der Waals surface area contributed by atoms with Crippen molar-refractivity contribution in [2.45, 2.75) is 20.3 Å². The van der Waals surface area contributed by atoms with Crippen LogP contribution in [0.25, 0.3) is 39.4 Å². The summed E-state index contributed by atoms with van der Waals surface area (Å²) in [7, 11) is 0. The van der Waals surface area contributed by atoms with Crippen LogP contribution < -0.4 is 14.8 Å². The highest BCUT2D eigenvalue weighted by Gasteiger charge is 2.15. The van der Waals surface area contributed by atoms with Gasteiger partial charge in [0.2, 0.25) is 4.96 Å². The zero-order chi connectivity index (χ0) is 26.8. The van der Waals surface area contributed by atoms with Crippen LogP contribution in [0.3, 0.4) is 0 Å². The van der Waals surface area contributed by atoms with Gasteiger partial charge in [0.25, 0.3) is 5.56 Å². The van der Waals surface area contributed by atoms with Gasteiger partial charge in [0.1, 0.15) is 11.4 Å². The van der Waals surface area contributed by atoms with Crippen molar-refractivity contribution >= 4 is 22.4 Å². The van der Waals surface area contributed by atoms with Gasteiger partial charge in [-0.25, -0.2) is 4.68 Å². The minimum Gasteiger partial charge on any atom is -0.494 e. The van der Waals surface area contributed by atoms with Crippen LogP contribution in [-0.2, 0) is 0 Å². The normalized spacial score (nSPS) is 12.0. The maximum atomic E-state index is 13.3. The molecule has 7 nitrogen and oxygen atoms in total. The molecule has 0 spiro atoms. The lowest BCUT2D eigenvalue weighted by Gasteiger charge is -2.08. The lowest BCUT2D eigenvalue weighted by atomic mass is 10.1. The van der Waals surface area contributed by atoms with E-state index in [1.807, 2.05) is 102 Å². The van der Waals surface area contributed by atoms with Crippen LogP contribution in [0, 0.1) is 5.92 Å². The van der Waals surface area contributed by atoms with Gasteiger partial charge in [0.05, 0.1) is 16.8 Å². The van der Waals surface area contributed by atoms with E-state index >= 15 is 0 Å². The smallest absolute Gasteiger partial charge is 0.291 e. The van der Waals surface area contributed by atoms with E-state index in [1.54, 1.807) is 0 Å². The van der Waals surface area contributed by atoms with Crippen molar-refractivity contribution in [3.63, 3.8) is 0 Å². The molecule has 6 aromatic rings. The van der Waals surface area contributed by atoms with Crippen molar-refractivity contribution in [1.82, 2.24) is 24.4 Å². The zero-order valence-electron chi connectivity index (χ0n) is 21.7. The number of hydrogen-bond acceptors (Lipinski definition) is 6. The number of fused-ring (bicyclic) bond motifs is 1. The predicted molar refractivity (Wildman–Crippen MR) is 155 cm³/mol. The lowest BCUT2D eigenvalue weighted by molar-refractivity contribution is 0.289. The molecule has 3 aromatic carbocycles. The summed E-state index contributed by atoms with van der Waals surface area (Å²) in [6, 6.07) is 27.5. The topological polar surface area (TPSA) is 74.3 Å². The van der Waals surface area contributed by atoms with Gasteiger partial charge in [-0.05, 0) is 54.8 Å². The van der Waals surface area contributed by atoms with Crippen LogP contribution in [0.5, 0.6) is 5.75 Å². The van der Waals surface area contributed by atoms with E-state index in [9.17, 15) is 4.79 Å². The van der Waals surface area contributed by atoms with Gasteiger partial charge in [0, 0.05) is 22.9 Å². The molecule has 0 aliphatic rings. The summed E-state index contributed by atoms with van der Waals surface area (Å²) < 4.78 is 9.66. The van der Waals surface area contributed by atoms with Gasteiger partial charge >= 0.3 is 0 Å². The standard InChI is InChI=1S/C31H27N5O2S/c1-21(2)17-18-38-26-15-13-22(14-16-26)28-24(20-35(33-28)25-11-7-4-8-12-25)19-27-30(37)36-31(39-27)32-29(34-36)23-9-5-3-6-10-23/h3-16,19-21H,17-18H2,1-2H3. The van der Waals surface area contributed by atoms with Gasteiger partial charge in [-0.15, -0.1) is 5.10 Å². The van der Waals surface area contributed by atoms with Crippen LogP contribution in [0.4, 0.5) is 0 Å². The molecule has 0 bridgehead atoms. The van der Waals surface area contributed by atoms with Crippen molar-refractivity contribution < 1.29 is 4.74 Å². The molecule has 0 fully saturated rings. The largest absolute Gasteiger partial charge is 0.494 e. The van der Waals surface area contributed by atoms with Gasteiger partial charge in [-0.3, -0.25) is 4.79 Å². The molecule has 0 saturated carbocycles.